The van der Waals surface area contributed by atoms with E-state index in [0.717, 1.165) is 38.1 Å². The summed E-state index contributed by atoms with van der Waals surface area (Å²) in [6.45, 7) is 1.98. The van der Waals surface area contributed by atoms with Crippen molar-refractivity contribution in [3.8, 4) is 0 Å². The Morgan fingerprint density at radius 2 is 1.81 bits per heavy atom. The molecule has 1 saturated heterocycles. The molecule has 2 aromatic carbocycles. The second kappa shape index (κ2) is 8.10. The van der Waals surface area contributed by atoms with Gasteiger partial charge in [0.25, 0.3) is 5.91 Å². The topological polar surface area (TPSA) is 32.3 Å². The van der Waals surface area contributed by atoms with E-state index >= 15 is 0 Å². The van der Waals surface area contributed by atoms with Crippen LogP contribution < -0.4 is 5.32 Å². The van der Waals surface area contributed by atoms with Gasteiger partial charge in [-0.25, -0.2) is 13.2 Å². The van der Waals surface area contributed by atoms with Gasteiger partial charge in [-0.2, -0.15) is 0 Å². The van der Waals surface area contributed by atoms with Crippen LogP contribution in [0, 0.1) is 17.5 Å². The second-order valence-electron chi connectivity index (χ2n) is 6.40. The molecule has 0 saturated carbocycles. The number of hydrogen-bond donors (Lipinski definition) is 1. The molecular formula is C19H18ClF3N2O. The summed E-state index contributed by atoms with van der Waals surface area (Å²) >= 11 is 5.91. The van der Waals surface area contributed by atoms with Crippen molar-refractivity contribution < 1.29 is 18.0 Å². The van der Waals surface area contributed by atoms with Gasteiger partial charge in [-0.05, 0) is 48.7 Å². The molecule has 1 N–H and O–H groups in total. The monoisotopic (exact) mass is 382 g/mol. The summed E-state index contributed by atoms with van der Waals surface area (Å²) in [5.74, 6) is -2.51. The smallest absolute Gasteiger partial charge is 0.253 e. The van der Waals surface area contributed by atoms with Crippen molar-refractivity contribution in [2.45, 2.75) is 25.4 Å². The molecule has 0 unspecified atom stereocenters. The van der Waals surface area contributed by atoms with Crippen molar-refractivity contribution in [1.82, 2.24) is 10.2 Å². The van der Waals surface area contributed by atoms with E-state index in [1.165, 1.54) is 18.2 Å². The average Bonchev–Trinajstić information content (AvgIpc) is 2.60. The zero-order valence-corrected chi connectivity index (χ0v) is 14.7. The Balaban J connectivity index is 1.51. The Bertz CT molecular complexity index is 807. The third-order valence-electron chi connectivity index (χ3n) is 4.49. The molecule has 1 aliphatic rings. The van der Waals surface area contributed by atoms with Crippen LogP contribution in [-0.4, -0.2) is 29.9 Å². The minimum Gasteiger partial charge on any atom is -0.349 e. The first-order valence-electron chi connectivity index (χ1n) is 8.34. The van der Waals surface area contributed by atoms with E-state index in [0.29, 0.717) is 12.1 Å². The third kappa shape index (κ3) is 4.56. The van der Waals surface area contributed by atoms with Gasteiger partial charge in [0.2, 0.25) is 0 Å². The molecular weight excluding hydrogens is 365 g/mol. The fourth-order valence-electron chi connectivity index (χ4n) is 3.07. The SMILES string of the molecule is O=C(NC1CCN(Cc2ccc(F)c(F)c2)CC1)c1ccc(F)cc1Cl. The van der Waals surface area contributed by atoms with Crippen molar-refractivity contribution in [3.63, 3.8) is 0 Å². The highest BCUT2D eigenvalue weighted by atomic mass is 35.5. The fraction of sp³-hybridized carbons (Fsp3) is 0.316. The fourth-order valence-corrected chi connectivity index (χ4v) is 3.32. The molecule has 0 radical (unpaired) electrons. The average molecular weight is 383 g/mol. The lowest BCUT2D eigenvalue weighted by atomic mass is 10.0. The highest BCUT2D eigenvalue weighted by Crippen LogP contribution is 2.19. The minimum absolute atomic E-state index is 0.00942. The minimum atomic E-state index is -0.852. The number of likely N-dealkylation sites (tertiary alicyclic amines) is 1. The standard InChI is InChI=1S/C19H18ClF3N2O/c20-16-10-13(21)2-3-15(16)19(26)24-14-5-7-25(8-6-14)11-12-1-4-17(22)18(23)9-12/h1-4,9-10,14H,5-8,11H2,(H,24,26). The first-order valence-corrected chi connectivity index (χ1v) is 8.72. The zero-order chi connectivity index (χ0) is 18.7. The van der Waals surface area contributed by atoms with E-state index in [2.05, 4.69) is 10.2 Å². The van der Waals surface area contributed by atoms with Crippen LogP contribution in [0.5, 0.6) is 0 Å². The number of carbonyl (C=O) groups excluding carboxylic acids is 1. The number of nitrogens with one attached hydrogen (secondary N) is 1. The van der Waals surface area contributed by atoms with Crippen molar-refractivity contribution in [2.24, 2.45) is 0 Å². The Hall–Kier alpha value is -2.05. The maximum Gasteiger partial charge on any atom is 0.253 e. The number of nitrogens with zero attached hydrogens (tertiary/aromatic N) is 1. The van der Waals surface area contributed by atoms with Gasteiger partial charge in [-0.1, -0.05) is 17.7 Å². The number of carbonyl (C=O) groups is 1. The summed E-state index contributed by atoms with van der Waals surface area (Å²) in [5.41, 5.74) is 0.960. The van der Waals surface area contributed by atoms with E-state index in [9.17, 15) is 18.0 Å². The number of halogens is 4. The lowest BCUT2D eigenvalue weighted by Crippen LogP contribution is -2.44. The van der Waals surface area contributed by atoms with Gasteiger partial charge in [0, 0.05) is 25.7 Å². The van der Waals surface area contributed by atoms with Gasteiger partial charge in [0.05, 0.1) is 10.6 Å². The van der Waals surface area contributed by atoms with E-state index < -0.39 is 17.5 Å². The predicted octanol–water partition coefficient (Wildman–Crippen LogP) is 4.15. The molecule has 0 aromatic heterocycles. The van der Waals surface area contributed by atoms with Crippen LogP contribution in [0.2, 0.25) is 5.02 Å². The first kappa shape index (κ1) is 18.7. The molecule has 1 aliphatic heterocycles. The quantitative estimate of drug-likeness (QED) is 0.861. The second-order valence-corrected chi connectivity index (χ2v) is 6.80. The third-order valence-corrected chi connectivity index (χ3v) is 4.80. The molecule has 7 heteroatoms. The van der Waals surface area contributed by atoms with Crippen LogP contribution in [0.3, 0.4) is 0 Å². The highest BCUT2D eigenvalue weighted by Gasteiger charge is 2.22. The number of piperidine rings is 1. The molecule has 0 aliphatic carbocycles. The predicted molar refractivity (Wildman–Crippen MR) is 93.5 cm³/mol. The van der Waals surface area contributed by atoms with Crippen LogP contribution in [0.1, 0.15) is 28.8 Å². The summed E-state index contributed by atoms with van der Waals surface area (Å²) in [4.78, 5) is 14.4. The van der Waals surface area contributed by atoms with Crippen LogP contribution in [0.25, 0.3) is 0 Å². The maximum atomic E-state index is 13.3. The van der Waals surface area contributed by atoms with E-state index in [4.69, 9.17) is 11.6 Å². The van der Waals surface area contributed by atoms with Crippen molar-refractivity contribution in [1.29, 1.82) is 0 Å². The lowest BCUT2D eigenvalue weighted by Gasteiger charge is -2.32. The summed E-state index contributed by atoms with van der Waals surface area (Å²) in [7, 11) is 0. The molecule has 0 spiro atoms. The highest BCUT2D eigenvalue weighted by molar-refractivity contribution is 6.33. The molecule has 0 atom stereocenters. The van der Waals surface area contributed by atoms with Gasteiger partial charge in [0.15, 0.2) is 11.6 Å². The Labute approximate surface area is 154 Å². The number of amides is 1. The first-order chi connectivity index (χ1) is 12.4. The maximum absolute atomic E-state index is 13.3. The molecule has 0 bridgehead atoms. The molecule has 1 fully saturated rings. The molecule has 1 amide bonds. The van der Waals surface area contributed by atoms with Crippen LogP contribution in [0.15, 0.2) is 36.4 Å². The molecule has 3 rings (SSSR count). The van der Waals surface area contributed by atoms with Gasteiger partial charge in [0.1, 0.15) is 5.82 Å². The normalized spacial score (nSPS) is 15.8. The molecule has 1 heterocycles. The summed E-state index contributed by atoms with van der Waals surface area (Å²) in [6.07, 6.45) is 1.46. The lowest BCUT2D eigenvalue weighted by molar-refractivity contribution is 0.0909. The Morgan fingerprint density at radius 3 is 2.46 bits per heavy atom. The molecule has 26 heavy (non-hydrogen) atoms. The van der Waals surface area contributed by atoms with E-state index in [1.54, 1.807) is 6.07 Å². The van der Waals surface area contributed by atoms with Crippen LogP contribution in [0.4, 0.5) is 13.2 Å². The van der Waals surface area contributed by atoms with Crippen LogP contribution in [-0.2, 0) is 6.54 Å². The summed E-state index contributed by atoms with van der Waals surface area (Å²) in [6, 6.07) is 7.58. The van der Waals surface area contributed by atoms with Crippen molar-refractivity contribution >= 4 is 17.5 Å². The number of rotatable bonds is 4. The van der Waals surface area contributed by atoms with Gasteiger partial charge >= 0.3 is 0 Å². The van der Waals surface area contributed by atoms with Gasteiger partial charge in [-0.15, -0.1) is 0 Å². The summed E-state index contributed by atoms with van der Waals surface area (Å²) in [5, 5.41) is 3.00. The van der Waals surface area contributed by atoms with Crippen LogP contribution >= 0.6 is 11.6 Å². The molecule has 138 valence electrons. The molecule has 3 nitrogen and oxygen atoms in total. The Morgan fingerprint density at radius 1 is 1.08 bits per heavy atom. The molecule has 2 aromatic rings. The zero-order valence-electron chi connectivity index (χ0n) is 13.9. The Kier molecular flexibility index (Phi) is 5.84. The number of benzene rings is 2. The van der Waals surface area contributed by atoms with Crippen molar-refractivity contribution in [3.05, 3.63) is 70.0 Å². The largest absolute Gasteiger partial charge is 0.349 e. The van der Waals surface area contributed by atoms with E-state index in [-0.39, 0.29) is 22.5 Å². The van der Waals surface area contributed by atoms with Gasteiger partial charge < -0.3 is 5.32 Å². The summed E-state index contributed by atoms with van der Waals surface area (Å²) < 4.78 is 39.3. The van der Waals surface area contributed by atoms with E-state index in [1.807, 2.05) is 0 Å². The number of hydrogen-bond acceptors (Lipinski definition) is 2. The van der Waals surface area contributed by atoms with Gasteiger partial charge in [-0.3, -0.25) is 9.69 Å². The van der Waals surface area contributed by atoms with Crippen molar-refractivity contribution in [2.75, 3.05) is 13.1 Å².